The van der Waals surface area contributed by atoms with Crippen molar-refractivity contribution in [1.82, 2.24) is 0 Å². The van der Waals surface area contributed by atoms with Gasteiger partial charge in [-0.15, -0.1) is 0 Å². The van der Waals surface area contributed by atoms with Crippen molar-refractivity contribution in [3.63, 3.8) is 0 Å². The molecule has 1 aromatic carbocycles. The zero-order valence-electron chi connectivity index (χ0n) is 10.6. The molecule has 1 saturated carbocycles. The van der Waals surface area contributed by atoms with E-state index in [-0.39, 0.29) is 6.42 Å². The van der Waals surface area contributed by atoms with Gasteiger partial charge in [-0.05, 0) is 56.4 Å². The monoisotopic (exact) mass is 268 g/mol. The first-order valence-electron chi connectivity index (χ1n) is 6.09. The lowest BCUT2D eigenvalue weighted by molar-refractivity contribution is -0.144. The zero-order valence-corrected chi connectivity index (χ0v) is 11.4. The Kier molecular flexibility index (Phi) is 3.53. The minimum Gasteiger partial charge on any atom is -0.486 e. The van der Waals surface area contributed by atoms with Gasteiger partial charge >= 0.3 is 5.97 Å². The Morgan fingerprint density at radius 2 is 1.94 bits per heavy atom. The molecule has 1 aromatic rings. The highest BCUT2D eigenvalue weighted by molar-refractivity contribution is 6.30. The number of carboxylic acids is 1. The number of halogens is 1. The predicted molar refractivity (Wildman–Crippen MR) is 70.4 cm³/mol. The van der Waals surface area contributed by atoms with Gasteiger partial charge in [0.1, 0.15) is 11.4 Å². The topological polar surface area (TPSA) is 46.5 Å². The molecule has 0 bridgehead atoms. The van der Waals surface area contributed by atoms with E-state index in [0.29, 0.717) is 5.02 Å². The van der Waals surface area contributed by atoms with Gasteiger partial charge in [0.2, 0.25) is 0 Å². The van der Waals surface area contributed by atoms with Crippen LogP contribution in [0.4, 0.5) is 0 Å². The summed E-state index contributed by atoms with van der Waals surface area (Å²) in [6.07, 6.45) is 2.70. The number of rotatable bonds is 4. The van der Waals surface area contributed by atoms with Crippen molar-refractivity contribution in [2.75, 3.05) is 0 Å². The molecular formula is C14H17ClO3. The predicted octanol–water partition coefficient (Wildman–Crippen LogP) is 3.73. The van der Waals surface area contributed by atoms with E-state index in [1.807, 2.05) is 26.0 Å². The summed E-state index contributed by atoms with van der Waals surface area (Å²) in [5.41, 5.74) is 1.39. The van der Waals surface area contributed by atoms with Crippen LogP contribution in [0.3, 0.4) is 0 Å². The van der Waals surface area contributed by atoms with E-state index in [4.69, 9.17) is 21.4 Å². The van der Waals surface area contributed by atoms with Crippen LogP contribution in [0.5, 0.6) is 5.75 Å². The second-order valence-electron chi connectivity index (χ2n) is 5.08. The average Bonchev–Trinajstić information content (AvgIpc) is 2.18. The number of hydrogen-bond donors (Lipinski definition) is 1. The molecular weight excluding hydrogens is 252 g/mol. The molecule has 3 nitrogen and oxygen atoms in total. The number of hydrogen-bond acceptors (Lipinski definition) is 2. The molecule has 0 amide bonds. The van der Waals surface area contributed by atoms with Crippen LogP contribution in [0.2, 0.25) is 5.02 Å². The molecule has 98 valence electrons. The van der Waals surface area contributed by atoms with E-state index in [1.54, 1.807) is 0 Å². The summed E-state index contributed by atoms with van der Waals surface area (Å²) in [6.45, 7) is 3.86. The first-order chi connectivity index (χ1) is 8.42. The van der Waals surface area contributed by atoms with Gasteiger partial charge in [-0.3, -0.25) is 4.79 Å². The summed E-state index contributed by atoms with van der Waals surface area (Å²) in [6, 6.07) is 3.69. The van der Waals surface area contributed by atoms with Crippen molar-refractivity contribution >= 4 is 17.6 Å². The summed E-state index contributed by atoms with van der Waals surface area (Å²) in [4.78, 5) is 10.9. The van der Waals surface area contributed by atoms with Gasteiger partial charge in [-0.2, -0.15) is 0 Å². The zero-order chi connectivity index (χ0) is 13.3. The lowest BCUT2D eigenvalue weighted by Gasteiger charge is -2.41. The van der Waals surface area contributed by atoms with Crippen LogP contribution in [0, 0.1) is 13.8 Å². The molecule has 18 heavy (non-hydrogen) atoms. The third-order valence-corrected chi connectivity index (χ3v) is 3.70. The Hall–Kier alpha value is -1.22. The first kappa shape index (κ1) is 13.2. The maximum atomic E-state index is 10.9. The van der Waals surface area contributed by atoms with Crippen molar-refractivity contribution in [3.05, 3.63) is 28.3 Å². The molecule has 4 heteroatoms. The van der Waals surface area contributed by atoms with Crippen molar-refractivity contribution in [3.8, 4) is 5.75 Å². The maximum Gasteiger partial charge on any atom is 0.307 e. The standard InChI is InChI=1S/C14H17ClO3/c1-9-6-11(15)7-10(2)13(9)18-14(4-3-5-14)8-12(16)17/h6-7H,3-5,8H2,1-2H3,(H,16,17). The van der Waals surface area contributed by atoms with Crippen LogP contribution in [-0.2, 0) is 4.79 Å². The fourth-order valence-corrected chi connectivity index (χ4v) is 2.76. The highest BCUT2D eigenvalue weighted by Gasteiger charge is 2.42. The van der Waals surface area contributed by atoms with Crippen LogP contribution in [-0.4, -0.2) is 16.7 Å². The molecule has 0 heterocycles. The Morgan fingerprint density at radius 3 is 2.33 bits per heavy atom. The number of carboxylic acid groups (broad SMARTS) is 1. The van der Waals surface area contributed by atoms with E-state index in [0.717, 1.165) is 36.1 Å². The Balaban J connectivity index is 2.25. The molecule has 0 radical (unpaired) electrons. The van der Waals surface area contributed by atoms with Gasteiger partial charge in [0.05, 0.1) is 6.42 Å². The van der Waals surface area contributed by atoms with Crippen molar-refractivity contribution in [2.24, 2.45) is 0 Å². The van der Waals surface area contributed by atoms with E-state index < -0.39 is 11.6 Å². The molecule has 1 N–H and O–H groups in total. The van der Waals surface area contributed by atoms with Crippen LogP contribution >= 0.6 is 11.6 Å². The highest BCUT2D eigenvalue weighted by Crippen LogP contribution is 2.41. The largest absolute Gasteiger partial charge is 0.486 e. The number of carbonyl (C=O) groups is 1. The smallest absolute Gasteiger partial charge is 0.307 e. The molecule has 0 aromatic heterocycles. The lowest BCUT2D eigenvalue weighted by atomic mass is 9.77. The Bertz CT molecular complexity index is 455. The van der Waals surface area contributed by atoms with E-state index in [2.05, 4.69) is 0 Å². The molecule has 1 fully saturated rings. The highest BCUT2D eigenvalue weighted by atomic mass is 35.5. The van der Waals surface area contributed by atoms with Crippen molar-refractivity contribution in [1.29, 1.82) is 0 Å². The van der Waals surface area contributed by atoms with Gasteiger partial charge in [0.25, 0.3) is 0 Å². The summed E-state index contributed by atoms with van der Waals surface area (Å²) in [5.74, 6) is -0.0284. The van der Waals surface area contributed by atoms with E-state index in [9.17, 15) is 4.79 Å². The second-order valence-corrected chi connectivity index (χ2v) is 5.51. The normalized spacial score (nSPS) is 17.1. The minimum atomic E-state index is -0.807. The third-order valence-electron chi connectivity index (χ3n) is 3.48. The number of aryl methyl sites for hydroxylation is 2. The Labute approximate surface area is 112 Å². The van der Waals surface area contributed by atoms with Crippen LogP contribution in [0.25, 0.3) is 0 Å². The van der Waals surface area contributed by atoms with E-state index in [1.165, 1.54) is 0 Å². The van der Waals surface area contributed by atoms with Gasteiger partial charge in [0.15, 0.2) is 0 Å². The lowest BCUT2D eigenvalue weighted by Crippen LogP contribution is -2.45. The first-order valence-corrected chi connectivity index (χ1v) is 6.47. The van der Waals surface area contributed by atoms with Crippen LogP contribution in [0.15, 0.2) is 12.1 Å². The Morgan fingerprint density at radius 1 is 1.39 bits per heavy atom. The van der Waals surface area contributed by atoms with Crippen LogP contribution < -0.4 is 4.74 Å². The summed E-state index contributed by atoms with van der Waals surface area (Å²) in [5, 5.41) is 9.65. The molecule has 0 saturated heterocycles. The summed E-state index contributed by atoms with van der Waals surface area (Å²) >= 11 is 5.98. The quantitative estimate of drug-likeness (QED) is 0.905. The van der Waals surface area contributed by atoms with Crippen LogP contribution in [0.1, 0.15) is 36.8 Å². The molecule has 2 rings (SSSR count). The third kappa shape index (κ3) is 2.61. The number of ether oxygens (including phenoxy) is 1. The SMILES string of the molecule is Cc1cc(Cl)cc(C)c1OC1(CC(=O)O)CCC1. The molecule has 0 atom stereocenters. The van der Waals surface area contributed by atoms with Gasteiger partial charge in [0, 0.05) is 5.02 Å². The molecule has 1 aliphatic carbocycles. The second kappa shape index (κ2) is 4.81. The minimum absolute atomic E-state index is 0.0640. The summed E-state index contributed by atoms with van der Waals surface area (Å²) < 4.78 is 6.03. The summed E-state index contributed by atoms with van der Waals surface area (Å²) in [7, 11) is 0. The molecule has 0 aliphatic heterocycles. The maximum absolute atomic E-state index is 10.9. The fourth-order valence-electron chi connectivity index (χ4n) is 2.44. The molecule has 0 spiro atoms. The number of aliphatic carboxylic acids is 1. The van der Waals surface area contributed by atoms with Gasteiger partial charge < -0.3 is 9.84 Å². The van der Waals surface area contributed by atoms with E-state index >= 15 is 0 Å². The fraction of sp³-hybridized carbons (Fsp3) is 0.500. The number of benzene rings is 1. The average molecular weight is 269 g/mol. The molecule has 0 unspecified atom stereocenters. The van der Waals surface area contributed by atoms with Crippen molar-refractivity contribution in [2.45, 2.75) is 45.1 Å². The van der Waals surface area contributed by atoms with Gasteiger partial charge in [-0.25, -0.2) is 0 Å². The molecule has 1 aliphatic rings. The van der Waals surface area contributed by atoms with Gasteiger partial charge in [-0.1, -0.05) is 11.6 Å². The van der Waals surface area contributed by atoms with Crippen molar-refractivity contribution < 1.29 is 14.6 Å².